The Hall–Kier alpha value is -3.49. The minimum absolute atomic E-state index is 0.207. The van der Waals surface area contributed by atoms with E-state index in [2.05, 4.69) is 69.1 Å². The summed E-state index contributed by atoms with van der Waals surface area (Å²) in [4.78, 5) is 9.19. The summed E-state index contributed by atoms with van der Waals surface area (Å²) in [6, 6.07) is 5.87. The van der Waals surface area contributed by atoms with E-state index in [9.17, 15) is 0 Å². The molecule has 288 valence electrons. The molecule has 0 amide bonds. The minimum Gasteiger partial charge on any atom is -0.487 e. The standard InChI is InChI=1S/C32H47ClN8O3.C6H13NO/c1-22(19-40(35)21-34)43-28-16-23(12-13-26(28)33)24-17-36-30(37-18-24)38-27-20-41(25-10-8-7-9-11-25)39-29(27)44-32(5,6)14-15-42-31(2,3)4;1-5-3-7-4-6(2)8-5/h12-13,16-18,20-22,25,34H,7-11,14-15,19,35H2,1-6H3,(H,36,37,38);5-7H,3-4H2,1-2H3/t22-;/m0./s1. The van der Waals surface area contributed by atoms with Gasteiger partial charge >= 0.3 is 0 Å². The van der Waals surface area contributed by atoms with Crippen molar-refractivity contribution in [2.75, 3.05) is 31.6 Å². The number of halogens is 1. The van der Waals surface area contributed by atoms with E-state index >= 15 is 0 Å². The predicted octanol–water partition coefficient (Wildman–Crippen LogP) is 7.54. The molecule has 5 N–H and O–H groups in total. The predicted molar refractivity (Wildman–Crippen MR) is 208 cm³/mol. The molecule has 2 fully saturated rings. The Labute approximate surface area is 314 Å². The lowest BCUT2D eigenvalue weighted by molar-refractivity contribution is -0.0300. The first kappa shape index (κ1) is 41.3. The van der Waals surface area contributed by atoms with Crippen molar-refractivity contribution in [1.82, 2.24) is 30.1 Å². The normalized spacial score (nSPS) is 18.9. The molecule has 2 aliphatic rings. The van der Waals surface area contributed by atoms with E-state index in [1.54, 1.807) is 18.5 Å². The van der Waals surface area contributed by atoms with Crippen molar-refractivity contribution in [3.63, 3.8) is 0 Å². The van der Waals surface area contributed by atoms with Crippen LogP contribution in [-0.2, 0) is 9.47 Å². The van der Waals surface area contributed by atoms with Gasteiger partial charge in [-0.1, -0.05) is 36.9 Å². The van der Waals surface area contributed by atoms with Gasteiger partial charge in [-0.05, 0) is 85.9 Å². The molecule has 0 bridgehead atoms. The number of nitrogens with two attached hydrogens (primary N) is 1. The van der Waals surface area contributed by atoms with Crippen molar-refractivity contribution in [3.8, 4) is 22.8 Å². The molecular formula is C38H60ClN9O4. The molecule has 5 rings (SSSR count). The summed E-state index contributed by atoms with van der Waals surface area (Å²) in [7, 11) is 0. The quantitative estimate of drug-likeness (QED) is 0.0560. The molecule has 3 atom stereocenters. The second-order valence-electron chi connectivity index (χ2n) is 15.4. The third-order valence-electron chi connectivity index (χ3n) is 8.71. The van der Waals surface area contributed by atoms with E-state index in [-0.39, 0.29) is 11.7 Å². The second kappa shape index (κ2) is 19.0. The first-order valence-electron chi connectivity index (χ1n) is 18.5. The Bertz CT molecular complexity index is 1530. The average molecular weight is 742 g/mol. The fourth-order valence-electron chi connectivity index (χ4n) is 6.01. The van der Waals surface area contributed by atoms with E-state index in [1.165, 1.54) is 24.3 Å². The Morgan fingerprint density at radius 2 is 1.77 bits per heavy atom. The lowest BCUT2D eigenvalue weighted by Crippen LogP contribution is -2.41. The van der Waals surface area contributed by atoms with E-state index in [0.29, 0.717) is 60.4 Å². The highest BCUT2D eigenvalue weighted by Crippen LogP contribution is 2.35. The van der Waals surface area contributed by atoms with Crippen LogP contribution in [-0.4, -0.2) is 86.9 Å². The second-order valence-corrected chi connectivity index (χ2v) is 15.8. The summed E-state index contributed by atoms with van der Waals surface area (Å²) in [5.74, 6) is 7.18. The van der Waals surface area contributed by atoms with Gasteiger partial charge in [0.15, 0.2) is 0 Å². The number of hydrogen-bond acceptors (Lipinski definition) is 11. The maximum atomic E-state index is 7.26. The van der Waals surface area contributed by atoms with E-state index in [0.717, 1.165) is 49.1 Å². The average Bonchev–Trinajstić information content (AvgIpc) is 3.46. The molecule has 0 spiro atoms. The molecule has 14 heteroatoms. The molecule has 13 nitrogen and oxygen atoms in total. The molecule has 1 aliphatic carbocycles. The first-order valence-corrected chi connectivity index (χ1v) is 18.8. The Balaban J connectivity index is 0.000000666. The van der Waals surface area contributed by atoms with Crippen molar-refractivity contribution in [1.29, 1.82) is 5.41 Å². The van der Waals surface area contributed by atoms with Crippen molar-refractivity contribution in [2.24, 2.45) is 5.84 Å². The van der Waals surface area contributed by atoms with Crippen LogP contribution in [0.2, 0.25) is 5.02 Å². The fourth-order valence-corrected chi connectivity index (χ4v) is 6.17. The first-order chi connectivity index (χ1) is 24.6. The van der Waals surface area contributed by atoms with E-state index < -0.39 is 5.60 Å². The van der Waals surface area contributed by atoms with Crippen LogP contribution in [0.15, 0.2) is 36.8 Å². The number of hydrazine groups is 1. The number of nitrogens with one attached hydrogen (secondary N) is 3. The summed E-state index contributed by atoms with van der Waals surface area (Å²) in [5, 5.41) is 20.5. The van der Waals surface area contributed by atoms with Gasteiger partial charge in [-0.25, -0.2) is 15.8 Å². The monoisotopic (exact) mass is 741 g/mol. The van der Waals surface area contributed by atoms with Crippen molar-refractivity contribution < 1.29 is 18.9 Å². The molecule has 2 unspecified atom stereocenters. The van der Waals surface area contributed by atoms with Gasteiger partial charge in [-0.15, -0.1) is 5.10 Å². The molecule has 0 radical (unpaired) electrons. The number of aromatic nitrogens is 4. The highest BCUT2D eigenvalue weighted by atomic mass is 35.5. The van der Waals surface area contributed by atoms with E-state index in [1.807, 2.05) is 29.9 Å². The number of ether oxygens (including phenoxy) is 4. The largest absolute Gasteiger partial charge is 0.487 e. The van der Waals surface area contributed by atoms with Gasteiger partial charge < -0.3 is 29.6 Å². The molecule has 1 aromatic carbocycles. The summed E-state index contributed by atoms with van der Waals surface area (Å²) in [6.07, 6.45) is 13.7. The smallest absolute Gasteiger partial charge is 0.257 e. The van der Waals surface area contributed by atoms with Crippen LogP contribution in [0.4, 0.5) is 11.6 Å². The SMILES string of the molecule is CC1CNCC(C)O1.C[C@@H](CN(N)C=N)Oc1cc(-c2cnc(Nc3cn(C4CCCCC4)nc3OC(C)(C)CCOC(C)(C)C)nc2)ccc1Cl. The zero-order valence-electron chi connectivity index (χ0n) is 32.2. The maximum Gasteiger partial charge on any atom is 0.257 e. The molecule has 2 aromatic heterocycles. The van der Waals surface area contributed by atoms with Gasteiger partial charge in [0.1, 0.15) is 23.1 Å². The van der Waals surface area contributed by atoms with Crippen LogP contribution < -0.4 is 25.9 Å². The van der Waals surface area contributed by atoms with Crippen LogP contribution in [0.25, 0.3) is 11.1 Å². The van der Waals surface area contributed by atoms with Gasteiger partial charge in [0.25, 0.3) is 5.88 Å². The molecule has 1 saturated carbocycles. The fraction of sp³-hybridized carbons (Fsp3) is 0.632. The molecule has 3 aromatic rings. The summed E-state index contributed by atoms with van der Waals surface area (Å²) >= 11 is 6.40. The van der Waals surface area contributed by atoms with Crippen molar-refractivity contribution in [3.05, 3.63) is 41.8 Å². The van der Waals surface area contributed by atoms with Gasteiger partial charge in [0.05, 0.1) is 54.6 Å². The molecule has 1 aliphatic heterocycles. The van der Waals surface area contributed by atoms with Crippen LogP contribution in [0.1, 0.15) is 100.0 Å². The summed E-state index contributed by atoms with van der Waals surface area (Å²) in [6.45, 7) is 19.2. The number of benzene rings is 1. The minimum atomic E-state index is -0.494. The van der Waals surface area contributed by atoms with Gasteiger partial charge in [0.2, 0.25) is 5.95 Å². The third kappa shape index (κ3) is 13.5. The van der Waals surface area contributed by atoms with Crippen LogP contribution in [0.3, 0.4) is 0 Å². The molecule has 3 heterocycles. The Morgan fingerprint density at radius 1 is 1.10 bits per heavy atom. The maximum absolute atomic E-state index is 7.26. The Kier molecular flexibility index (Phi) is 15.1. The molecular weight excluding hydrogens is 682 g/mol. The van der Waals surface area contributed by atoms with Gasteiger partial charge in [0, 0.05) is 37.5 Å². The topological polar surface area (TPSA) is 158 Å². The number of hydrogen-bond donors (Lipinski definition) is 4. The van der Waals surface area contributed by atoms with Crippen LogP contribution in [0.5, 0.6) is 11.6 Å². The number of rotatable bonds is 14. The zero-order chi connectivity index (χ0) is 37.9. The number of anilines is 2. The van der Waals surface area contributed by atoms with Crippen LogP contribution in [0, 0.1) is 5.41 Å². The highest BCUT2D eigenvalue weighted by Gasteiger charge is 2.27. The summed E-state index contributed by atoms with van der Waals surface area (Å²) in [5.41, 5.74) is 1.68. The van der Waals surface area contributed by atoms with Crippen molar-refractivity contribution >= 4 is 29.6 Å². The van der Waals surface area contributed by atoms with Gasteiger partial charge in [-0.2, -0.15) is 0 Å². The van der Waals surface area contributed by atoms with Crippen LogP contribution >= 0.6 is 11.6 Å². The van der Waals surface area contributed by atoms with Gasteiger partial charge in [-0.3, -0.25) is 15.1 Å². The Morgan fingerprint density at radius 3 is 2.37 bits per heavy atom. The lowest BCUT2D eigenvalue weighted by Gasteiger charge is -2.28. The van der Waals surface area contributed by atoms with Crippen molar-refractivity contribution in [2.45, 2.75) is 129 Å². The molecule has 52 heavy (non-hydrogen) atoms. The zero-order valence-corrected chi connectivity index (χ0v) is 33.0. The third-order valence-corrected chi connectivity index (χ3v) is 9.02. The van der Waals surface area contributed by atoms with E-state index in [4.69, 9.17) is 46.9 Å². The summed E-state index contributed by atoms with van der Waals surface area (Å²) < 4.78 is 25.9. The highest BCUT2D eigenvalue weighted by molar-refractivity contribution is 6.32. The lowest BCUT2D eigenvalue weighted by atomic mass is 9.96. The molecule has 1 saturated heterocycles. The number of nitrogens with zero attached hydrogens (tertiary/aromatic N) is 5. The number of morpholine rings is 1.